The average molecular weight is 254 g/mol. The lowest BCUT2D eigenvalue weighted by atomic mass is 10.0. The third-order valence-corrected chi connectivity index (χ3v) is 3.09. The lowest BCUT2D eigenvalue weighted by Gasteiger charge is -2.35. The van der Waals surface area contributed by atoms with Crippen LogP contribution in [0.5, 0.6) is 0 Å². The van der Waals surface area contributed by atoms with Gasteiger partial charge in [-0.1, -0.05) is 0 Å². The van der Waals surface area contributed by atoms with E-state index in [1.54, 1.807) is 7.05 Å². The minimum absolute atomic E-state index is 0.0000926. The Bertz CT molecular complexity index is 223. The normalized spacial score (nSPS) is 24.9. The Morgan fingerprint density at radius 1 is 1.47 bits per heavy atom. The maximum absolute atomic E-state index is 12.1. The molecule has 0 aromatic rings. The van der Waals surface area contributed by atoms with Gasteiger partial charge in [-0.3, -0.25) is 0 Å². The average Bonchev–Trinajstić information content (AvgIpc) is 2.23. The number of hydrogen-bond donors (Lipinski definition) is 1. The van der Waals surface area contributed by atoms with E-state index in [9.17, 15) is 13.2 Å². The number of alkyl halides is 3. The molecule has 17 heavy (non-hydrogen) atoms. The first kappa shape index (κ1) is 14.7. The zero-order valence-electron chi connectivity index (χ0n) is 10.4. The van der Waals surface area contributed by atoms with Crippen LogP contribution in [0.25, 0.3) is 0 Å². The molecule has 6 heteroatoms. The highest BCUT2D eigenvalue weighted by molar-refractivity contribution is 4.81. The molecule has 2 unspecified atom stereocenters. The zero-order valence-corrected chi connectivity index (χ0v) is 10.4. The molecule has 2 atom stereocenters. The SMILES string of the molecule is CNC(CCCC(F)(F)F)C1CN(C)CCO1. The van der Waals surface area contributed by atoms with Gasteiger partial charge in [-0.25, -0.2) is 0 Å². The first-order chi connectivity index (χ1) is 7.92. The van der Waals surface area contributed by atoms with Crippen LogP contribution in [0.4, 0.5) is 13.2 Å². The summed E-state index contributed by atoms with van der Waals surface area (Å²) in [4.78, 5) is 2.14. The zero-order chi connectivity index (χ0) is 12.9. The van der Waals surface area contributed by atoms with Crippen molar-refractivity contribution in [2.75, 3.05) is 33.8 Å². The molecule has 1 saturated heterocycles. The maximum atomic E-state index is 12.1. The van der Waals surface area contributed by atoms with Crippen LogP contribution in [0.3, 0.4) is 0 Å². The predicted molar refractivity (Wildman–Crippen MR) is 60.0 cm³/mol. The lowest BCUT2D eigenvalue weighted by molar-refractivity contribution is -0.136. The van der Waals surface area contributed by atoms with Gasteiger partial charge in [0, 0.05) is 25.6 Å². The Hall–Kier alpha value is -0.330. The fourth-order valence-corrected chi connectivity index (χ4v) is 2.09. The fraction of sp³-hybridized carbons (Fsp3) is 1.00. The van der Waals surface area contributed by atoms with Crippen molar-refractivity contribution in [1.82, 2.24) is 10.2 Å². The second-order valence-corrected chi connectivity index (χ2v) is 4.57. The predicted octanol–water partition coefficient (Wildman–Crippen LogP) is 1.64. The summed E-state index contributed by atoms with van der Waals surface area (Å²) < 4.78 is 41.8. The summed E-state index contributed by atoms with van der Waals surface area (Å²) in [5.41, 5.74) is 0. The Morgan fingerprint density at radius 2 is 2.18 bits per heavy atom. The van der Waals surface area contributed by atoms with Crippen LogP contribution in [-0.2, 0) is 4.74 Å². The van der Waals surface area contributed by atoms with Crippen molar-refractivity contribution in [1.29, 1.82) is 0 Å². The second kappa shape index (κ2) is 6.56. The highest BCUT2D eigenvalue weighted by Gasteiger charge is 2.29. The lowest BCUT2D eigenvalue weighted by Crippen LogP contribution is -2.50. The van der Waals surface area contributed by atoms with Crippen molar-refractivity contribution >= 4 is 0 Å². The molecule has 1 aliphatic heterocycles. The van der Waals surface area contributed by atoms with Crippen LogP contribution in [0, 0.1) is 0 Å². The second-order valence-electron chi connectivity index (χ2n) is 4.57. The molecule has 0 aliphatic carbocycles. The first-order valence-corrected chi connectivity index (χ1v) is 5.96. The number of morpholine rings is 1. The molecule has 1 rings (SSSR count). The Balaban J connectivity index is 2.32. The van der Waals surface area contributed by atoms with Gasteiger partial charge in [-0.15, -0.1) is 0 Å². The van der Waals surface area contributed by atoms with Crippen molar-refractivity contribution in [3.05, 3.63) is 0 Å². The molecule has 102 valence electrons. The van der Waals surface area contributed by atoms with E-state index < -0.39 is 12.6 Å². The molecule has 0 aromatic heterocycles. The molecule has 1 fully saturated rings. The van der Waals surface area contributed by atoms with Gasteiger partial charge in [0.15, 0.2) is 0 Å². The number of ether oxygens (including phenoxy) is 1. The summed E-state index contributed by atoms with van der Waals surface area (Å²) in [6.45, 7) is 2.31. The number of hydrogen-bond acceptors (Lipinski definition) is 3. The molecule has 0 amide bonds. The van der Waals surface area contributed by atoms with Crippen molar-refractivity contribution in [3.63, 3.8) is 0 Å². The van der Waals surface area contributed by atoms with Gasteiger partial charge in [-0.2, -0.15) is 13.2 Å². The van der Waals surface area contributed by atoms with Crippen molar-refractivity contribution in [2.45, 2.75) is 37.6 Å². The molecule has 1 aliphatic rings. The molecule has 0 radical (unpaired) electrons. The van der Waals surface area contributed by atoms with Crippen molar-refractivity contribution in [3.8, 4) is 0 Å². The smallest absolute Gasteiger partial charge is 0.374 e. The largest absolute Gasteiger partial charge is 0.389 e. The topological polar surface area (TPSA) is 24.5 Å². The number of nitrogens with zero attached hydrogens (tertiary/aromatic N) is 1. The summed E-state index contributed by atoms with van der Waals surface area (Å²) in [5.74, 6) is 0. The summed E-state index contributed by atoms with van der Waals surface area (Å²) in [6.07, 6.45) is -4.13. The van der Waals surface area contributed by atoms with E-state index >= 15 is 0 Å². The molecule has 0 spiro atoms. The Kier molecular flexibility index (Phi) is 5.69. The third-order valence-electron chi connectivity index (χ3n) is 3.09. The summed E-state index contributed by atoms with van der Waals surface area (Å²) in [5, 5.41) is 3.06. The molecule has 0 saturated carbocycles. The van der Waals surface area contributed by atoms with Crippen molar-refractivity contribution < 1.29 is 17.9 Å². The van der Waals surface area contributed by atoms with Gasteiger partial charge in [0.05, 0.1) is 12.7 Å². The fourth-order valence-electron chi connectivity index (χ4n) is 2.09. The molecule has 1 heterocycles. The first-order valence-electron chi connectivity index (χ1n) is 5.96. The molecule has 3 nitrogen and oxygen atoms in total. The maximum Gasteiger partial charge on any atom is 0.389 e. The minimum Gasteiger partial charge on any atom is -0.374 e. The monoisotopic (exact) mass is 254 g/mol. The van der Waals surface area contributed by atoms with E-state index in [1.807, 2.05) is 7.05 Å². The van der Waals surface area contributed by atoms with E-state index in [1.165, 1.54) is 0 Å². The van der Waals surface area contributed by atoms with Crippen LogP contribution in [0.1, 0.15) is 19.3 Å². The van der Waals surface area contributed by atoms with E-state index in [0.29, 0.717) is 13.0 Å². The van der Waals surface area contributed by atoms with Crippen molar-refractivity contribution in [2.24, 2.45) is 0 Å². The van der Waals surface area contributed by atoms with Gasteiger partial charge in [-0.05, 0) is 26.9 Å². The van der Waals surface area contributed by atoms with Gasteiger partial charge < -0.3 is 15.0 Å². The Labute approximate surface area is 100 Å². The minimum atomic E-state index is -4.05. The van der Waals surface area contributed by atoms with Crippen LogP contribution in [0.15, 0.2) is 0 Å². The number of nitrogens with one attached hydrogen (secondary N) is 1. The Morgan fingerprint density at radius 3 is 2.71 bits per heavy atom. The summed E-state index contributed by atoms with van der Waals surface area (Å²) >= 11 is 0. The van der Waals surface area contributed by atoms with Gasteiger partial charge in [0.1, 0.15) is 0 Å². The summed E-state index contributed by atoms with van der Waals surface area (Å²) in [6, 6.07) is 0.0000926. The highest BCUT2D eigenvalue weighted by Crippen LogP contribution is 2.23. The highest BCUT2D eigenvalue weighted by atomic mass is 19.4. The summed E-state index contributed by atoms with van der Waals surface area (Å²) in [7, 11) is 3.77. The standard InChI is InChI=1S/C11H21F3N2O/c1-15-9(4-3-5-11(12,13)14)10-8-16(2)6-7-17-10/h9-10,15H,3-8H2,1-2H3. The molecular formula is C11H21F3N2O. The van der Waals surface area contributed by atoms with E-state index in [0.717, 1.165) is 13.1 Å². The van der Waals surface area contributed by atoms with Crippen LogP contribution >= 0.6 is 0 Å². The van der Waals surface area contributed by atoms with Gasteiger partial charge in [0.2, 0.25) is 0 Å². The third kappa shape index (κ3) is 5.70. The number of likely N-dealkylation sites (N-methyl/N-ethyl adjacent to an activating group) is 2. The van der Waals surface area contributed by atoms with Crippen LogP contribution in [0.2, 0.25) is 0 Å². The van der Waals surface area contributed by atoms with Crippen LogP contribution < -0.4 is 5.32 Å². The number of halogens is 3. The molecule has 0 bridgehead atoms. The van der Waals surface area contributed by atoms with Gasteiger partial charge in [0.25, 0.3) is 0 Å². The number of rotatable bonds is 5. The van der Waals surface area contributed by atoms with Gasteiger partial charge >= 0.3 is 6.18 Å². The van der Waals surface area contributed by atoms with E-state index in [4.69, 9.17) is 4.74 Å². The molecule has 0 aromatic carbocycles. The van der Waals surface area contributed by atoms with Crippen LogP contribution in [-0.4, -0.2) is 57.0 Å². The quantitative estimate of drug-likeness (QED) is 0.807. The molecular weight excluding hydrogens is 233 g/mol. The molecule has 1 N–H and O–H groups in total. The van der Waals surface area contributed by atoms with E-state index in [-0.39, 0.29) is 18.6 Å². The van der Waals surface area contributed by atoms with E-state index in [2.05, 4.69) is 10.2 Å².